The topological polar surface area (TPSA) is 54.0 Å². The van der Waals surface area contributed by atoms with Crippen molar-refractivity contribution in [3.63, 3.8) is 0 Å². The Morgan fingerprint density at radius 1 is 0.864 bits per heavy atom. The van der Waals surface area contributed by atoms with Gasteiger partial charge in [0.05, 0.1) is 13.2 Å². The molecule has 22 heavy (non-hydrogen) atoms. The Morgan fingerprint density at radius 3 is 1.82 bits per heavy atom. The van der Waals surface area contributed by atoms with Crippen LogP contribution in [0.15, 0.2) is 18.2 Å². The van der Waals surface area contributed by atoms with Crippen molar-refractivity contribution in [2.24, 2.45) is 0 Å². The van der Waals surface area contributed by atoms with Gasteiger partial charge in [0.15, 0.2) is 12.6 Å². The first-order valence-electron chi connectivity index (χ1n) is 8.00. The molecule has 0 aliphatic carbocycles. The third kappa shape index (κ3) is 4.21. The maximum atomic E-state index is 11.1. The maximum Gasteiger partial charge on any atom is 0.199 e. The van der Waals surface area contributed by atoms with Crippen LogP contribution in [0.2, 0.25) is 0 Å². The van der Waals surface area contributed by atoms with Crippen molar-refractivity contribution in [2.75, 3.05) is 13.2 Å². The number of carbonyl (C=O) groups excluding carboxylic acids is 1. The summed E-state index contributed by atoms with van der Waals surface area (Å²) >= 11 is 0. The van der Waals surface area contributed by atoms with Crippen LogP contribution in [0, 0.1) is 0 Å². The lowest BCUT2D eigenvalue weighted by atomic mass is 10.2. The van der Waals surface area contributed by atoms with Crippen molar-refractivity contribution in [3.05, 3.63) is 23.8 Å². The van der Waals surface area contributed by atoms with Gasteiger partial charge in [0.25, 0.3) is 0 Å². The van der Waals surface area contributed by atoms with Crippen LogP contribution in [0.25, 0.3) is 0 Å². The summed E-state index contributed by atoms with van der Waals surface area (Å²) in [5.74, 6) is 1.20. The summed E-state index contributed by atoms with van der Waals surface area (Å²) in [6.07, 6.45) is 6.38. The molecule has 1 aromatic carbocycles. The lowest BCUT2D eigenvalue weighted by Crippen LogP contribution is -2.26. The molecule has 0 aromatic heterocycles. The van der Waals surface area contributed by atoms with Crippen molar-refractivity contribution in [1.82, 2.24) is 0 Å². The van der Waals surface area contributed by atoms with Crippen LogP contribution in [0.3, 0.4) is 0 Å². The van der Waals surface area contributed by atoms with Gasteiger partial charge in [-0.05, 0) is 37.8 Å². The number of aldehydes is 1. The fourth-order valence-corrected chi connectivity index (χ4v) is 2.71. The van der Waals surface area contributed by atoms with Crippen LogP contribution in [0.1, 0.15) is 48.9 Å². The second-order valence-corrected chi connectivity index (χ2v) is 5.68. The molecule has 2 aliphatic heterocycles. The quantitative estimate of drug-likeness (QED) is 0.781. The van der Waals surface area contributed by atoms with Crippen LogP contribution in [-0.2, 0) is 9.47 Å². The Hall–Kier alpha value is -1.59. The van der Waals surface area contributed by atoms with E-state index in [1.54, 1.807) is 18.2 Å². The molecule has 0 saturated carbocycles. The van der Waals surface area contributed by atoms with Crippen molar-refractivity contribution in [2.45, 2.75) is 51.1 Å². The van der Waals surface area contributed by atoms with Crippen molar-refractivity contribution in [1.29, 1.82) is 0 Å². The summed E-state index contributed by atoms with van der Waals surface area (Å²) in [5.41, 5.74) is 0.527. The number of rotatable bonds is 5. The molecular formula is C17H22O5. The largest absolute Gasteiger partial charge is 0.465 e. The van der Waals surface area contributed by atoms with Crippen molar-refractivity contribution >= 4 is 6.29 Å². The molecular weight excluding hydrogens is 284 g/mol. The molecule has 2 fully saturated rings. The number of hydrogen-bond acceptors (Lipinski definition) is 5. The minimum atomic E-state index is -0.241. The summed E-state index contributed by atoms with van der Waals surface area (Å²) in [6, 6.07) is 5.21. The maximum absolute atomic E-state index is 11.1. The fourth-order valence-electron chi connectivity index (χ4n) is 2.71. The minimum absolute atomic E-state index is 0.241. The lowest BCUT2D eigenvalue weighted by molar-refractivity contribution is -0.109. The highest BCUT2D eigenvalue weighted by Crippen LogP contribution is 2.27. The van der Waals surface area contributed by atoms with Crippen LogP contribution in [0.4, 0.5) is 0 Å². The normalized spacial score (nSPS) is 25.5. The van der Waals surface area contributed by atoms with Crippen molar-refractivity contribution < 1.29 is 23.7 Å². The predicted octanol–water partition coefficient (Wildman–Crippen LogP) is 3.31. The Kier molecular flexibility index (Phi) is 5.29. The zero-order chi connectivity index (χ0) is 15.2. The first-order valence-corrected chi connectivity index (χ1v) is 8.00. The van der Waals surface area contributed by atoms with Gasteiger partial charge in [0.2, 0.25) is 0 Å². The molecule has 0 spiro atoms. The number of hydrogen-bond donors (Lipinski definition) is 0. The highest BCUT2D eigenvalue weighted by Gasteiger charge is 2.18. The van der Waals surface area contributed by atoms with Gasteiger partial charge in [-0.25, -0.2) is 0 Å². The SMILES string of the molecule is O=Cc1cc(O[C@@H]2CCCCO2)cc(O[C@@H]2CCCCO2)c1. The minimum Gasteiger partial charge on any atom is -0.465 e. The van der Waals surface area contributed by atoms with Gasteiger partial charge in [-0.15, -0.1) is 0 Å². The van der Waals surface area contributed by atoms with Gasteiger partial charge >= 0.3 is 0 Å². The van der Waals surface area contributed by atoms with E-state index in [0.29, 0.717) is 17.1 Å². The molecule has 1 aromatic rings. The lowest BCUT2D eigenvalue weighted by Gasteiger charge is -2.25. The molecule has 2 saturated heterocycles. The summed E-state index contributed by atoms with van der Waals surface area (Å²) in [7, 11) is 0. The zero-order valence-electron chi connectivity index (χ0n) is 12.7. The second kappa shape index (κ2) is 7.61. The van der Waals surface area contributed by atoms with E-state index >= 15 is 0 Å². The molecule has 2 heterocycles. The molecule has 2 aliphatic rings. The third-order valence-electron chi connectivity index (χ3n) is 3.85. The summed E-state index contributed by atoms with van der Waals surface area (Å²) in [6.45, 7) is 1.44. The standard InChI is InChI=1S/C17H22O5/c18-12-13-9-14(21-16-5-1-3-7-19-16)11-15(10-13)22-17-6-2-4-8-20-17/h9-12,16-17H,1-8H2/t16-,17-/m1/s1. The Morgan fingerprint density at radius 2 is 1.41 bits per heavy atom. The third-order valence-corrected chi connectivity index (χ3v) is 3.85. The van der Waals surface area contributed by atoms with Gasteiger partial charge in [-0.1, -0.05) is 0 Å². The summed E-state index contributed by atoms with van der Waals surface area (Å²) in [5, 5.41) is 0. The molecule has 0 N–H and O–H groups in total. The average molecular weight is 306 g/mol. The second-order valence-electron chi connectivity index (χ2n) is 5.68. The van der Waals surface area contributed by atoms with E-state index in [9.17, 15) is 4.79 Å². The molecule has 5 heteroatoms. The Bertz CT molecular complexity index is 452. The van der Waals surface area contributed by atoms with Crippen LogP contribution >= 0.6 is 0 Å². The number of carbonyl (C=O) groups is 1. The van der Waals surface area contributed by atoms with Gasteiger partial charge in [-0.3, -0.25) is 4.79 Å². The molecule has 0 unspecified atom stereocenters. The van der Waals surface area contributed by atoms with Crippen molar-refractivity contribution in [3.8, 4) is 11.5 Å². The van der Waals surface area contributed by atoms with E-state index in [4.69, 9.17) is 18.9 Å². The molecule has 5 nitrogen and oxygen atoms in total. The van der Waals surface area contributed by atoms with E-state index in [1.807, 2.05) is 0 Å². The van der Waals surface area contributed by atoms with Gasteiger partial charge in [-0.2, -0.15) is 0 Å². The number of benzene rings is 1. The molecule has 120 valence electrons. The molecule has 2 atom stereocenters. The van der Waals surface area contributed by atoms with Crippen LogP contribution < -0.4 is 9.47 Å². The highest BCUT2D eigenvalue weighted by molar-refractivity contribution is 5.76. The molecule has 0 bridgehead atoms. The average Bonchev–Trinajstić information content (AvgIpc) is 2.56. The number of ether oxygens (including phenoxy) is 4. The summed E-state index contributed by atoms with van der Waals surface area (Å²) in [4.78, 5) is 11.1. The monoisotopic (exact) mass is 306 g/mol. The molecule has 0 radical (unpaired) electrons. The molecule has 3 rings (SSSR count). The van der Waals surface area contributed by atoms with Gasteiger partial charge < -0.3 is 18.9 Å². The molecule has 0 amide bonds. The van der Waals surface area contributed by atoms with E-state index in [2.05, 4.69) is 0 Å². The Balaban J connectivity index is 1.69. The fraction of sp³-hybridized carbons (Fsp3) is 0.588. The van der Waals surface area contributed by atoms with E-state index in [0.717, 1.165) is 58.0 Å². The first-order chi connectivity index (χ1) is 10.8. The van der Waals surface area contributed by atoms with Gasteiger partial charge in [0, 0.05) is 24.5 Å². The van der Waals surface area contributed by atoms with Crippen LogP contribution in [0.5, 0.6) is 11.5 Å². The Labute approximate surface area is 130 Å². The van der Waals surface area contributed by atoms with Gasteiger partial charge in [0.1, 0.15) is 17.8 Å². The first kappa shape index (κ1) is 15.3. The van der Waals surface area contributed by atoms with E-state index < -0.39 is 0 Å². The van der Waals surface area contributed by atoms with Crippen LogP contribution in [-0.4, -0.2) is 32.1 Å². The summed E-state index contributed by atoms with van der Waals surface area (Å²) < 4.78 is 22.8. The highest BCUT2D eigenvalue weighted by atomic mass is 16.7. The van der Waals surface area contributed by atoms with E-state index in [-0.39, 0.29) is 12.6 Å². The predicted molar refractivity (Wildman–Crippen MR) is 80.3 cm³/mol. The smallest absolute Gasteiger partial charge is 0.199 e. The van der Waals surface area contributed by atoms with E-state index in [1.165, 1.54) is 0 Å². The zero-order valence-corrected chi connectivity index (χ0v) is 12.7.